The minimum atomic E-state index is -1.12. The molecule has 0 unspecified atom stereocenters. The first-order valence-electron chi connectivity index (χ1n) is 5.33. The molecule has 7 heteroatoms. The molecule has 2 atom stereocenters. The molecule has 1 aromatic heterocycles. The number of aliphatic hydroxyl groups excluding tert-OH is 1. The van der Waals surface area contributed by atoms with Crippen LogP contribution in [0.4, 0.5) is 0 Å². The van der Waals surface area contributed by atoms with E-state index in [2.05, 4.69) is 20.9 Å². The van der Waals surface area contributed by atoms with Gasteiger partial charge in [-0.05, 0) is 28.1 Å². The van der Waals surface area contributed by atoms with E-state index in [0.29, 0.717) is 4.47 Å². The summed E-state index contributed by atoms with van der Waals surface area (Å²) in [5.41, 5.74) is 0.151. The normalized spacial score (nSPS) is 23.1. The topological polar surface area (TPSA) is 90.7 Å². The van der Waals surface area contributed by atoms with Gasteiger partial charge in [0.15, 0.2) is 0 Å². The third-order valence-corrected chi connectivity index (χ3v) is 3.43. The smallest absolute Gasteiger partial charge is 0.326 e. The van der Waals surface area contributed by atoms with E-state index in [1.165, 1.54) is 6.20 Å². The third-order valence-electron chi connectivity index (χ3n) is 2.79. The lowest BCUT2D eigenvalue weighted by Gasteiger charge is -2.20. The monoisotopic (exact) mass is 314 g/mol. The van der Waals surface area contributed by atoms with Gasteiger partial charge in [0.05, 0.1) is 6.10 Å². The number of aliphatic carboxylic acids is 1. The highest BCUT2D eigenvalue weighted by Gasteiger charge is 2.40. The maximum absolute atomic E-state index is 12.2. The molecule has 0 radical (unpaired) electrons. The van der Waals surface area contributed by atoms with E-state index in [0.717, 1.165) is 4.90 Å². The molecule has 1 aromatic rings. The van der Waals surface area contributed by atoms with Gasteiger partial charge in [-0.2, -0.15) is 0 Å². The molecule has 0 spiro atoms. The first-order valence-corrected chi connectivity index (χ1v) is 6.12. The van der Waals surface area contributed by atoms with Gasteiger partial charge in [0.25, 0.3) is 5.91 Å². The number of hydrogen-bond acceptors (Lipinski definition) is 4. The number of hydrogen-bond donors (Lipinski definition) is 2. The first kappa shape index (κ1) is 13.0. The van der Waals surface area contributed by atoms with Crippen molar-refractivity contribution in [3.8, 4) is 0 Å². The fraction of sp³-hybridized carbons (Fsp3) is 0.364. The van der Waals surface area contributed by atoms with Crippen LogP contribution in [0.1, 0.15) is 16.9 Å². The minimum absolute atomic E-state index is 0.0127. The predicted octanol–water partition coefficient (Wildman–Crippen LogP) is 0.504. The minimum Gasteiger partial charge on any atom is -0.480 e. The molecule has 1 aliphatic heterocycles. The number of rotatable bonds is 2. The van der Waals surface area contributed by atoms with Crippen molar-refractivity contribution in [2.75, 3.05) is 6.54 Å². The average molecular weight is 315 g/mol. The second-order valence-electron chi connectivity index (χ2n) is 4.03. The fourth-order valence-electron chi connectivity index (χ4n) is 1.95. The van der Waals surface area contributed by atoms with Crippen LogP contribution in [-0.4, -0.2) is 50.7 Å². The Morgan fingerprint density at radius 2 is 2.22 bits per heavy atom. The number of carbonyl (C=O) groups is 2. The second-order valence-corrected chi connectivity index (χ2v) is 4.89. The van der Waals surface area contributed by atoms with Gasteiger partial charge in [0.1, 0.15) is 11.7 Å². The number of amides is 1. The molecular weight excluding hydrogens is 304 g/mol. The zero-order valence-electron chi connectivity index (χ0n) is 9.28. The SMILES string of the molecule is O=C(O)[C@@H]1C[C@@H](O)CN1C(=O)c1ncccc1Br. The predicted molar refractivity (Wildman–Crippen MR) is 65.0 cm³/mol. The molecule has 0 aliphatic carbocycles. The lowest BCUT2D eigenvalue weighted by atomic mass is 10.2. The van der Waals surface area contributed by atoms with Gasteiger partial charge in [0.2, 0.25) is 0 Å². The number of likely N-dealkylation sites (tertiary alicyclic amines) is 1. The number of pyridine rings is 1. The van der Waals surface area contributed by atoms with Crippen molar-refractivity contribution in [3.63, 3.8) is 0 Å². The van der Waals surface area contributed by atoms with Crippen molar-refractivity contribution in [1.29, 1.82) is 0 Å². The first-order chi connectivity index (χ1) is 8.50. The van der Waals surface area contributed by atoms with Crippen molar-refractivity contribution in [1.82, 2.24) is 9.88 Å². The van der Waals surface area contributed by atoms with E-state index >= 15 is 0 Å². The number of aromatic nitrogens is 1. The van der Waals surface area contributed by atoms with Gasteiger partial charge in [-0.15, -0.1) is 0 Å². The molecule has 18 heavy (non-hydrogen) atoms. The van der Waals surface area contributed by atoms with Crippen LogP contribution < -0.4 is 0 Å². The molecule has 1 amide bonds. The van der Waals surface area contributed by atoms with Crippen LogP contribution in [0, 0.1) is 0 Å². The van der Waals surface area contributed by atoms with Crippen molar-refractivity contribution in [3.05, 3.63) is 28.5 Å². The number of aliphatic hydroxyl groups is 1. The molecule has 1 saturated heterocycles. The Hall–Kier alpha value is -1.47. The van der Waals surface area contributed by atoms with Gasteiger partial charge >= 0.3 is 5.97 Å². The van der Waals surface area contributed by atoms with E-state index in [1.807, 2.05) is 0 Å². The Morgan fingerprint density at radius 3 is 2.83 bits per heavy atom. The Labute approximate surface area is 111 Å². The number of carbonyl (C=O) groups excluding carboxylic acids is 1. The van der Waals surface area contributed by atoms with Gasteiger partial charge < -0.3 is 15.1 Å². The largest absolute Gasteiger partial charge is 0.480 e. The Kier molecular flexibility index (Phi) is 3.63. The number of β-amino-alcohol motifs (C(OH)–C–C–N with tert-alkyl or cyclic N) is 1. The summed E-state index contributed by atoms with van der Waals surface area (Å²) in [5, 5.41) is 18.5. The molecule has 1 aliphatic rings. The van der Waals surface area contributed by atoms with Gasteiger partial charge in [-0.3, -0.25) is 4.79 Å². The molecule has 2 N–H and O–H groups in total. The van der Waals surface area contributed by atoms with Gasteiger partial charge in [-0.1, -0.05) is 0 Å². The third kappa shape index (κ3) is 2.37. The number of nitrogens with zero attached hydrogens (tertiary/aromatic N) is 2. The van der Waals surface area contributed by atoms with Crippen molar-refractivity contribution < 1.29 is 19.8 Å². The summed E-state index contributed by atoms with van der Waals surface area (Å²) in [6, 6.07) is 2.32. The Morgan fingerprint density at radius 1 is 1.50 bits per heavy atom. The van der Waals surface area contributed by atoms with Crippen LogP contribution in [0.5, 0.6) is 0 Å². The molecule has 0 aromatic carbocycles. The molecule has 96 valence electrons. The Bertz CT molecular complexity index is 494. The summed E-state index contributed by atoms with van der Waals surface area (Å²) in [4.78, 5) is 28.3. The fourth-order valence-corrected chi connectivity index (χ4v) is 2.38. The van der Waals surface area contributed by atoms with Crippen molar-refractivity contribution in [2.45, 2.75) is 18.6 Å². The van der Waals surface area contributed by atoms with E-state index in [1.54, 1.807) is 12.1 Å². The van der Waals surface area contributed by atoms with E-state index in [9.17, 15) is 14.7 Å². The second kappa shape index (κ2) is 5.03. The summed E-state index contributed by atoms with van der Waals surface area (Å²) in [5.74, 6) is -1.61. The molecule has 1 fully saturated rings. The van der Waals surface area contributed by atoms with Crippen molar-refractivity contribution >= 4 is 27.8 Å². The Balaban J connectivity index is 2.28. The number of carboxylic acids is 1. The molecule has 0 saturated carbocycles. The average Bonchev–Trinajstić information content (AvgIpc) is 2.71. The summed E-state index contributed by atoms with van der Waals surface area (Å²) < 4.78 is 0.500. The van der Waals surface area contributed by atoms with Crippen LogP contribution in [-0.2, 0) is 4.79 Å². The highest BCUT2D eigenvalue weighted by molar-refractivity contribution is 9.10. The summed E-state index contributed by atoms with van der Waals surface area (Å²) in [6.07, 6.45) is 0.698. The summed E-state index contributed by atoms with van der Waals surface area (Å²) in [7, 11) is 0. The quantitative estimate of drug-likeness (QED) is 0.829. The molecule has 0 bridgehead atoms. The summed E-state index contributed by atoms with van der Waals surface area (Å²) in [6.45, 7) is 0.0127. The van der Waals surface area contributed by atoms with E-state index < -0.39 is 24.0 Å². The van der Waals surface area contributed by atoms with Gasteiger partial charge in [0, 0.05) is 23.6 Å². The zero-order valence-corrected chi connectivity index (χ0v) is 10.9. The van der Waals surface area contributed by atoms with E-state index in [4.69, 9.17) is 5.11 Å². The maximum atomic E-state index is 12.2. The zero-order chi connectivity index (χ0) is 13.3. The highest BCUT2D eigenvalue weighted by Crippen LogP contribution is 2.23. The highest BCUT2D eigenvalue weighted by atomic mass is 79.9. The number of halogens is 1. The standard InChI is InChI=1S/C11H11BrN2O4/c12-7-2-1-3-13-9(7)10(16)14-5-6(15)4-8(14)11(17)18/h1-3,6,8,15H,4-5H2,(H,17,18)/t6-,8+/m1/s1. The van der Waals surface area contributed by atoms with Crippen LogP contribution >= 0.6 is 15.9 Å². The molecular formula is C11H11BrN2O4. The van der Waals surface area contributed by atoms with Crippen LogP contribution in [0.25, 0.3) is 0 Å². The maximum Gasteiger partial charge on any atom is 0.326 e. The number of carboxylic acid groups (broad SMARTS) is 1. The molecule has 2 heterocycles. The summed E-state index contributed by atoms with van der Waals surface area (Å²) >= 11 is 3.20. The van der Waals surface area contributed by atoms with Crippen LogP contribution in [0.15, 0.2) is 22.8 Å². The van der Waals surface area contributed by atoms with Crippen molar-refractivity contribution in [2.24, 2.45) is 0 Å². The molecule has 2 rings (SSSR count). The lowest BCUT2D eigenvalue weighted by molar-refractivity contribution is -0.141. The van der Waals surface area contributed by atoms with Crippen LogP contribution in [0.3, 0.4) is 0 Å². The lowest BCUT2D eigenvalue weighted by Crippen LogP contribution is -2.41. The van der Waals surface area contributed by atoms with Gasteiger partial charge in [-0.25, -0.2) is 9.78 Å². The van der Waals surface area contributed by atoms with Crippen LogP contribution in [0.2, 0.25) is 0 Å². The van der Waals surface area contributed by atoms with E-state index in [-0.39, 0.29) is 18.7 Å². The molecule has 6 nitrogen and oxygen atoms in total.